The molecular formula is C28H31N5O4S. The largest absolute Gasteiger partial charge is 0.490 e. The van der Waals surface area contributed by atoms with E-state index in [0.29, 0.717) is 46.6 Å². The molecule has 2 aromatic heterocycles. The van der Waals surface area contributed by atoms with Gasteiger partial charge in [-0.25, -0.2) is 4.98 Å². The van der Waals surface area contributed by atoms with Crippen LogP contribution in [0, 0.1) is 0 Å². The number of ether oxygens (including phenoxy) is 2. The first-order valence-corrected chi connectivity index (χ1v) is 14.2. The van der Waals surface area contributed by atoms with Crippen LogP contribution in [-0.4, -0.2) is 63.8 Å². The van der Waals surface area contributed by atoms with Crippen LogP contribution in [-0.2, 0) is 17.8 Å². The van der Waals surface area contributed by atoms with Crippen molar-refractivity contribution in [3.8, 4) is 17.0 Å². The number of hydrogen-bond donors (Lipinski definition) is 2. The average Bonchev–Trinajstić information content (AvgIpc) is 3.50. The van der Waals surface area contributed by atoms with Crippen molar-refractivity contribution in [2.75, 3.05) is 26.8 Å². The second-order valence-corrected chi connectivity index (χ2v) is 11.8. The Balaban J connectivity index is 1.37. The highest BCUT2D eigenvalue weighted by atomic mass is 32.1. The summed E-state index contributed by atoms with van der Waals surface area (Å²) < 4.78 is 14.6. The highest BCUT2D eigenvalue weighted by Gasteiger charge is 2.27. The second-order valence-electron chi connectivity index (χ2n) is 10.7. The molecule has 38 heavy (non-hydrogen) atoms. The van der Waals surface area contributed by atoms with Crippen molar-refractivity contribution in [2.45, 2.75) is 57.0 Å². The molecule has 3 unspecified atom stereocenters. The van der Waals surface area contributed by atoms with Gasteiger partial charge in [-0.1, -0.05) is 23.7 Å². The lowest BCUT2D eigenvalue weighted by atomic mass is 10.1. The van der Waals surface area contributed by atoms with Crippen LogP contribution >= 0.6 is 11.5 Å². The van der Waals surface area contributed by atoms with Crippen LogP contribution in [0.1, 0.15) is 31.2 Å². The Morgan fingerprint density at radius 2 is 2.05 bits per heavy atom. The van der Waals surface area contributed by atoms with Crippen LogP contribution in [0.2, 0.25) is 0 Å². The van der Waals surface area contributed by atoms with E-state index in [1.807, 2.05) is 28.2 Å². The molecule has 3 aliphatic rings. The number of rotatable bonds is 3. The molecule has 5 heterocycles. The molecule has 4 aromatic rings. The number of aromatic amines is 1. The van der Waals surface area contributed by atoms with Gasteiger partial charge in [0.15, 0.2) is 0 Å². The second kappa shape index (κ2) is 9.60. The molecule has 10 heteroatoms. The van der Waals surface area contributed by atoms with E-state index in [9.17, 15) is 9.59 Å². The van der Waals surface area contributed by atoms with Crippen LogP contribution in [0.5, 0.6) is 5.75 Å². The van der Waals surface area contributed by atoms with Gasteiger partial charge in [0, 0.05) is 37.8 Å². The Hall–Kier alpha value is -3.05. The Labute approximate surface area is 223 Å². The number of benzene rings is 2. The topological polar surface area (TPSA) is 101 Å². The van der Waals surface area contributed by atoms with E-state index in [2.05, 4.69) is 21.3 Å². The normalized spacial score (nSPS) is 23.8. The first-order chi connectivity index (χ1) is 18.6. The van der Waals surface area contributed by atoms with Crippen molar-refractivity contribution < 1.29 is 9.47 Å². The minimum Gasteiger partial charge on any atom is -0.490 e. The van der Waals surface area contributed by atoms with Gasteiger partial charge in [-0.2, -0.15) is 0 Å². The van der Waals surface area contributed by atoms with Crippen molar-refractivity contribution in [1.82, 2.24) is 24.1 Å². The van der Waals surface area contributed by atoms with Gasteiger partial charge in [-0.3, -0.25) is 18.4 Å². The zero-order valence-electron chi connectivity index (χ0n) is 21.4. The van der Waals surface area contributed by atoms with Crippen molar-refractivity contribution in [2.24, 2.45) is 0 Å². The average molecular weight is 534 g/mol. The van der Waals surface area contributed by atoms with Crippen molar-refractivity contribution in [1.29, 1.82) is 0 Å². The summed E-state index contributed by atoms with van der Waals surface area (Å²) in [5.41, 5.74) is 3.07. The van der Waals surface area contributed by atoms with Crippen LogP contribution < -0.4 is 21.2 Å². The molecule has 7 rings (SSSR count). The molecule has 3 aliphatic heterocycles. The molecule has 2 saturated heterocycles. The first-order valence-electron chi connectivity index (χ1n) is 13.4. The number of piperidine rings is 1. The van der Waals surface area contributed by atoms with Crippen molar-refractivity contribution in [3.63, 3.8) is 0 Å². The van der Waals surface area contributed by atoms with Gasteiger partial charge < -0.3 is 19.8 Å². The Kier molecular flexibility index (Phi) is 6.07. The number of nitrogens with one attached hydrogen (secondary N) is 2. The van der Waals surface area contributed by atoms with Crippen LogP contribution in [0.4, 0.5) is 0 Å². The molecular weight excluding hydrogens is 502 g/mol. The Morgan fingerprint density at radius 1 is 1.16 bits per heavy atom. The maximum Gasteiger partial charge on any atom is 0.275 e. The molecule has 2 aromatic carbocycles. The summed E-state index contributed by atoms with van der Waals surface area (Å²) in [6.07, 6.45) is 4.40. The van der Waals surface area contributed by atoms with Gasteiger partial charge in [0.2, 0.25) is 0 Å². The lowest BCUT2D eigenvalue weighted by Crippen LogP contribution is -2.38. The molecule has 2 N–H and O–H groups in total. The highest BCUT2D eigenvalue weighted by Crippen LogP contribution is 2.32. The minimum absolute atomic E-state index is 0.0146. The third-order valence-electron chi connectivity index (χ3n) is 8.11. The highest BCUT2D eigenvalue weighted by molar-refractivity contribution is 7.14. The van der Waals surface area contributed by atoms with E-state index in [-0.39, 0.29) is 29.3 Å². The first kappa shape index (κ1) is 24.0. The Bertz CT molecular complexity index is 1640. The van der Waals surface area contributed by atoms with Crippen molar-refractivity contribution >= 4 is 32.7 Å². The fraction of sp³-hybridized carbons (Fsp3) is 0.464. The predicted molar refractivity (Wildman–Crippen MR) is 148 cm³/mol. The Morgan fingerprint density at radius 3 is 2.95 bits per heavy atom. The van der Waals surface area contributed by atoms with Gasteiger partial charge in [0.05, 0.1) is 28.3 Å². The number of aromatic nitrogens is 3. The van der Waals surface area contributed by atoms with E-state index in [4.69, 9.17) is 14.5 Å². The fourth-order valence-electron chi connectivity index (χ4n) is 6.18. The zero-order chi connectivity index (χ0) is 25.8. The van der Waals surface area contributed by atoms with Gasteiger partial charge in [-0.05, 0) is 56.0 Å². The summed E-state index contributed by atoms with van der Waals surface area (Å²) in [6, 6.07) is 10.0. The summed E-state index contributed by atoms with van der Waals surface area (Å²) >= 11 is 1.42. The monoisotopic (exact) mass is 533 g/mol. The van der Waals surface area contributed by atoms with Gasteiger partial charge in [0.25, 0.3) is 11.1 Å². The number of nitrogens with zero attached hydrogens (tertiary/aromatic N) is 3. The summed E-state index contributed by atoms with van der Waals surface area (Å²) in [7, 11) is 1.78. The standard InChI is InChI=1S/C28H31N5O4S/c1-36-19-4-3-9-32(14-19)12-16-10-22-25-23(11-16)37-15-18-8-7-17(29-18)13-33-28(35)21-6-2-5-20(26(21)38-33)24(31-25)27(34)30-22/h2,5-6,10-11,17-19,29H,3-4,7-9,12-15H2,1H3,(H,30,34). The van der Waals surface area contributed by atoms with Crippen LogP contribution in [0.25, 0.3) is 32.4 Å². The lowest BCUT2D eigenvalue weighted by molar-refractivity contribution is 0.0285. The molecule has 198 valence electrons. The molecule has 0 aliphatic carbocycles. The quantitative estimate of drug-likeness (QED) is 0.417. The van der Waals surface area contributed by atoms with E-state index >= 15 is 0 Å². The maximum absolute atomic E-state index is 13.4. The van der Waals surface area contributed by atoms with Gasteiger partial charge >= 0.3 is 0 Å². The number of fused-ring (bicyclic) bond motifs is 5. The summed E-state index contributed by atoms with van der Waals surface area (Å²) in [5.74, 6) is 0.676. The molecule has 0 spiro atoms. The SMILES string of the molecule is COC1CCCN(Cc2cc3c4nc(c(=O)[nH]c4c2)-c2cccc4c(=O)n(sc24)CC2CCC(CO3)N2)C1. The van der Waals surface area contributed by atoms with E-state index in [0.717, 1.165) is 55.6 Å². The molecule has 6 bridgehead atoms. The third kappa shape index (κ3) is 4.25. The number of H-pyrrole nitrogens is 1. The number of hydrogen-bond acceptors (Lipinski definition) is 8. The summed E-state index contributed by atoms with van der Waals surface area (Å²) in [4.78, 5) is 37.0. The van der Waals surface area contributed by atoms with Crippen molar-refractivity contribution in [3.05, 3.63) is 56.6 Å². The van der Waals surface area contributed by atoms with E-state index < -0.39 is 0 Å². The molecule has 9 nitrogen and oxygen atoms in total. The van der Waals surface area contributed by atoms with Crippen LogP contribution in [0.15, 0.2) is 39.9 Å². The maximum atomic E-state index is 13.4. The van der Waals surface area contributed by atoms with Crippen LogP contribution in [0.3, 0.4) is 0 Å². The molecule has 2 fully saturated rings. The van der Waals surface area contributed by atoms with E-state index in [1.165, 1.54) is 11.5 Å². The molecule has 0 saturated carbocycles. The molecule has 3 atom stereocenters. The minimum atomic E-state index is -0.272. The molecule has 0 radical (unpaired) electrons. The predicted octanol–water partition coefficient (Wildman–Crippen LogP) is 3.09. The lowest BCUT2D eigenvalue weighted by Gasteiger charge is -2.32. The summed E-state index contributed by atoms with van der Waals surface area (Å²) in [6.45, 7) is 3.76. The molecule has 0 amide bonds. The van der Waals surface area contributed by atoms with Gasteiger partial charge in [0.1, 0.15) is 23.6 Å². The third-order valence-corrected chi connectivity index (χ3v) is 9.27. The summed E-state index contributed by atoms with van der Waals surface area (Å²) in [5, 5.41) is 4.29. The smallest absolute Gasteiger partial charge is 0.275 e. The number of methoxy groups -OCH3 is 1. The fourth-order valence-corrected chi connectivity index (χ4v) is 7.35. The van der Waals surface area contributed by atoms with E-state index in [1.54, 1.807) is 7.11 Å². The zero-order valence-corrected chi connectivity index (χ0v) is 22.2. The van der Waals surface area contributed by atoms with Gasteiger partial charge in [-0.15, -0.1) is 0 Å². The number of likely N-dealkylation sites (tertiary alicyclic amines) is 1.